The summed E-state index contributed by atoms with van der Waals surface area (Å²) >= 11 is 0. The van der Waals surface area contributed by atoms with Crippen molar-refractivity contribution in [3.8, 4) is 5.82 Å². The van der Waals surface area contributed by atoms with E-state index in [9.17, 15) is 0 Å². The van der Waals surface area contributed by atoms with E-state index in [1.165, 1.54) is 0 Å². The molecule has 0 N–H and O–H groups in total. The Bertz CT molecular complexity index is 1090. The van der Waals surface area contributed by atoms with Crippen LogP contribution in [0, 0.1) is 6.92 Å². The Kier molecular flexibility index (Phi) is 4.01. The SMILES string of the molecule is C=CCN(CC=C)n1nc2c(C)cccc2c1-n1nnc2ccccc21. The minimum atomic E-state index is 0.638. The van der Waals surface area contributed by atoms with E-state index < -0.39 is 0 Å². The van der Waals surface area contributed by atoms with Gasteiger partial charge in [-0.05, 0) is 30.7 Å². The van der Waals surface area contributed by atoms with E-state index in [0.717, 1.165) is 33.3 Å². The summed E-state index contributed by atoms with van der Waals surface area (Å²) in [5.74, 6) is 0.862. The van der Waals surface area contributed by atoms with Crippen LogP contribution in [0.25, 0.3) is 27.8 Å². The number of para-hydroxylation sites is 1. The quantitative estimate of drug-likeness (QED) is 0.503. The largest absolute Gasteiger partial charge is 0.287 e. The lowest BCUT2D eigenvalue weighted by Crippen LogP contribution is -2.37. The standard InChI is InChI=1S/C20H20N6/c1-4-13-24(14-5-2)26-20(16-10-8-9-15(3)19(16)22-26)25-18-12-7-6-11-17(18)21-23-25/h4-12H,1-2,13-14H2,3H3. The molecule has 0 unspecified atom stereocenters. The first kappa shape index (κ1) is 16.1. The van der Waals surface area contributed by atoms with Crippen LogP contribution in [0.2, 0.25) is 0 Å². The summed E-state index contributed by atoms with van der Waals surface area (Å²) in [6, 6.07) is 14.1. The Morgan fingerprint density at radius 1 is 1.04 bits per heavy atom. The Balaban J connectivity index is 2.05. The van der Waals surface area contributed by atoms with Crippen molar-refractivity contribution in [3.05, 3.63) is 73.3 Å². The van der Waals surface area contributed by atoms with Gasteiger partial charge in [-0.2, -0.15) is 9.47 Å². The number of hydrogen-bond donors (Lipinski definition) is 0. The maximum absolute atomic E-state index is 4.87. The maximum atomic E-state index is 4.87. The number of fused-ring (bicyclic) bond motifs is 2. The van der Waals surface area contributed by atoms with Crippen LogP contribution in [-0.4, -0.2) is 38.0 Å². The van der Waals surface area contributed by atoms with Crippen molar-refractivity contribution in [1.82, 2.24) is 24.9 Å². The highest BCUT2D eigenvalue weighted by atomic mass is 15.7. The second-order valence-electron chi connectivity index (χ2n) is 6.12. The van der Waals surface area contributed by atoms with Gasteiger partial charge in [-0.15, -0.1) is 23.4 Å². The third-order valence-corrected chi connectivity index (χ3v) is 4.36. The molecular weight excluding hydrogens is 324 g/mol. The second-order valence-corrected chi connectivity index (χ2v) is 6.12. The molecule has 6 nitrogen and oxygen atoms in total. The fourth-order valence-electron chi connectivity index (χ4n) is 3.17. The van der Waals surface area contributed by atoms with Crippen molar-refractivity contribution >= 4 is 21.9 Å². The Morgan fingerprint density at radius 2 is 1.81 bits per heavy atom. The zero-order valence-electron chi connectivity index (χ0n) is 14.7. The molecule has 0 bridgehead atoms. The third-order valence-electron chi connectivity index (χ3n) is 4.36. The predicted molar refractivity (Wildman–Crippen MR) is 105 cm³/mol. The number of aromatic nitrogens is 5. The van der Waals surface area contributed by atoms with Crippen LogP contribution in [-0.2, 0) is 0 Å². The summed E-state index contributed by atoms with van der Waals surface area (Å²) in [6.45, 7) is 11.1. The van der Waals surface area contributed by atoms with Gasteiger partial charge in [0.25, 0.3) is 0 Å². The van der Waals surface area contributed by atoms with Gasteiger partial charge in [-0.1, -0.05) is 41.6 Å². The highest BCUT2D eigenvalue weighted by Gasteiger charge is 2.20. The molecule has 2 heterocycles. The number of hydrogen-bond acceptors (Lipinski definition) is 4. The van der Waals surface area contributed by atoms with Crippen molar-refractivity contribution in [2.75, 3.05) is 18.1 Å². The van der Waals surface area contributed by atoms with Gasteiger partial charge < -0.3 is 0 Å². The van der Waals surface area contributed by atoms with Crippen LogP contribution < -0.4 is 5.01 Å². The molecule has 0 fully saturated rings. The summed E-state index contributed by atoms with van der Waals surface area (Å²) in [4.78, 5) is 1.89. The molecule has 0 spiro atoms. The van der Waals surface area contributed by atoms with E-state index in [0.29, 0.717) is 13.1 Å². The molecular formula is C20H20N6. The summed E-state index contributed by atoms with van der Waals surface area (Å²) < 4.78 is 1.85. The summed E-state index contributed by atoms with van der Waals surface area (Å²) in [6.07, 6.45) is 3.71. The molecule has 6 heteroatoms. The summed E-state index contributed by atoms with van der Waals surface area (Å²) in [5.41, 5.74) is 3.85. The van der Waals surface area contributed by atoms with Crippen molar-refractivity contribution in [1.29, 1.82) is 0 Å². The van der Waals surface area contributed by atoms with Crippen molar-refractivity contribution < 1.29 is 0 Å². The van der Waals surface area contributed by atoms with Gasteiger partial charge in [0.1, 0.15) is 5.52 Å². The van der Waals surface area contributed by atoms with Crippen molar-refractivity contribution in [2.24, 2.45) is 0 Å². The normalized spacial score (nSPS) is 11.1. The van der Waals surface area contributed by atoms with Crippen LogP contribution >= 0.6 is 0 Å². The zero-order chi connectivity index (χ0) is 18.1. The topological polar surface area (TPSA) is 51.8 Å². The molecule has 4 aromatic rings. The molecule has 2 aromatic heterocycles. The lowest BCUT2D eigenvalue weighted by Gasteiger charge is -2.23. The van der Waals surface area contributed by atoms with Crippen molar-refractivity contribution in [3.63, 3.8) is 0 Å². The summed E-state index contributed by atoms with van der Waals surface area (Å²) in [7, 11) is 0. The molecule has 0 amide bonds. The fourth-order valence-corrected chi connectivity index (χ4v) is 3.17. The molecule has 130 valence electrons. The molecule has 0 saturated heterocycles. The Morgan fingerprint density at radius 3 is 2.58 bits per heavy atom. The molecule has 0 atom stereocenters. The lowest BCUT2D eigenvalue weighted by molar-refractivity contribution is 0.567. The minimum absolute atomic E-state index is 0.638. The van der Waals surface area contributed by atoms with Gasteiger partial charge in [-0.3, -0.25) is 5.01 Å². The lowest BCUT2D eigenvalue weighted by atomic mass is 10.1. The third kappa shape index (κ3) is 2.47. The van der Waals surface area contributed by atoms with Gasteiger partial charge in [0.2, 0.25) is 0 Å². The van der Waals surface area contributed by atoms with Gasteiger partial charge in [0, 0.05) is 5.39 Å². The Hall–Kier alpha value is -3.41. The monoisotopic (exact) mass is 344 g/mol. The highest BCUT2D eigenvalue weighted by molar-refractivity contribution is 5.90. The average molecular weight is 344 g/mol. The van der Waals surface area contributed by atoms with Crippen LogP contribution in [0.1, 0.15) is 5.56 Å². The van der Waals surface area contributed by atoms with Gasteiger partial charge in [0.05, 0.1) is 24.1 Å². The van der Waals surface area contributed by atoms with E-state index in [1.807, 2.05) is 52.0 Å². The molecule has 0 saturated carbocycles. The van der Waals surface area contributed by atoms with Gasteiger partial charge >= 0.3 is 0 Å². The van der Waals surface area contributed by atoms with Crippen LogP contribution in [0.3, 0.4) is 0 Å². The van der Waals surface area contributed by atoms with Gasteiger partial charge in [-0.25, -0.2) is 0 Å². The molecule has 4 rings (SSSR count). The zero-order valence-corrected chi connectivity index (χ0v) is 14.7. The molecule has 0 aliphatic carbocycles. The van der Waals surface area contributed by atoms with Crippen LogP contribution in [0.5, 0.6) is 0 Å². The number of nitrogens with zero attached hydrogens (tertiary/aromatic N) is 6. The summed E-state index contributed by atoms with van der Waals surface area (Å²) in [5, 5.41) is 16.7. The Labute approximate surface area is 151 Å². The molecule has 26 heavy (non-hydrogen) atoms. The fraction of sp³-hybridized carbons (Fsp3) is 0.150. The first-order chi connectivity index (χ1) is 12.7. The van der Waals surface area contributed by atoms with E-state index in [-0.39, 0.29) is 0 Å². The number of benzene rings is 2. The van der Waals surface area contributed by atoms with Crippen molar-refractivity contribution in [2.45, 2.75) is 6.92 Å². The minimum Gasteiger partial charge on any atom is -0.287 e. The number of aryl methyl sites for hydroxylation is 1. The van der Waals surface area contributed by atoms with Crippen LogP contribution in [0.15, 0.2) is 67.8 Å². The molecule has 0 radical (unpaired) electrons. The molecule has 0 aliphatic rings. The molecule has 2 aromatic carbocycles. The van der Waals surface area contributed by atoms with Crippen LogP contribution in [0.4, 0.5) is 0 Å². The predicted octanol–water partition coefficient (Wildman–Crippen LogP) is 3.39. The van der Waals surface area contributed by atoms with E-state index in [2.05, 4.69) is 47.5 Å². The van der Waals surface area contributed by atoms with E-state index >= 15 is 0 Å². The van der Waals surface area contributed by atoms with E-state index in [4.69, 9.17) is 5.10 Å². The first-order valence-electron chi connectivity index (χ1n) is 8.50. The second kappa shape index (κ2) is 6.48. The maximum Gasteiger partial charge on any atom is 0.185 e. The average Bonchev–Trinajstić information content (AvgIpc) is 3.23. The smallest absolute Gasteiger partial charge is 0.185 e. The number of rotatable bonds is 6. The first-order valence-corrected chi connectivity index (χ1v) is 8.50. The van der Waals surface area contributed by atoms with E-state index in [1.54, 1.807) is 0 Å². The highest BCUT2D eigenvalue weighted by Crippen LogP contribution is 2.27. The van der Waals surface area contributed by atoms with Gasteiger partial charge in [0.15, 0.2) is 5.82 Å². The molecule has 0 aliphatic heterocycles.